The van der Waals surface area contributed by atoms with Crippen LogP contribution in [0.4, 0.5) is 15.8 Å². The Kier molecular flexibility index (Phi) is 4.82. The number of nitrogens with two attached hydrogens (primary N) is 1. The van der Waals surface area contributed by atoms with Crippen LogP contribution in [0.25, 0.3) is 0 Å². The lowest BCUT2D eigenvalue weighted by atomic mass is 10.2. The first-order chi connectivity index (χ1) is 9.38. The zero-order valence-corrected chi connectivity index (χ0v) is 14.6. The van der Waals surface area contributed by atoms with Gasteiger partial charge >= 0.3 is 0 Å². The van der Waals surface area contributed by atoms with Gasteiger partial charge in [0.25, 0.3) is 5.91 Å². The molecule has 0 saturated carbocycles. The molecule has 20 heavy (non-hydrogen) atoms. The highest BCUT2D eigenvalue weighted by Gasteiger charge is 2.13. The molecule has 0 heterocycles. The van der Waals surface area contributed by atoms with Gasteiger partial charge in [0.2, 0.25) is 0 Å². The summed E-state index contributed by atoms with van der Waals surface area (Å²) in [4.78, 5) is 12.1. The van der Waals surface area contributed by atoms with E-state index < -0.39 is 11.7 Å². The van der Waals surface area contributed by atoms with Crippen molar-refractivity contribution in [2.75, 3.05) is 11.1 Å². The number of halogens is 4. The molecule has 1 amide bonds. The van der Waals surface area contributed by atoms with Crippen LogP contribution < -0.4 is 11.1 Å². The van der Waals surface area contributed by atoms with Gasteiger partial charge in [-0.15, -0.1) is 0 Å². The predicted octanol–water partition coefficient (Wildman–Crippen LogP) is 4.95. The van der Waals surface area contributed by atoms with E-state index in [-0.39, 0.29) is 11.3 Å². The van der Waals surface area contributed by atoms with Crippen molar-refractivity contribution in [2.24, 2.45) is 0 Å². The van der Waals surface area contributed by atoms with E-state index in [2.05, 4.69) is 53.1 Å². The van der Waals surface area contributed by atoms with Crippen molar-refractivity contribution in [3.63, 3.8) is 0 Å². The summed E-state index contributed by atoms with van der Waals surface area (Å²) >= 11 is 10.1. The summed E-state index contributed by atoms with van der Waals surface area (Å²) in [7, 11) is 0. The number of carbonyl (C=O) groups excluding carboxylic acids is 1. The molecule has 2 rings (SSSR count). The van der Waals surface area contributed by atoms with Crippen LogP contribution in [-0.2, 0) is 0 Å². The first-order valence-corrected chi connectivity index (χ1v) is 7.77. The molecule has 3 N–H and O–H groups in total. The number of hydrogen-bond donors (Lipinski definition) is 2. The van der Waals surface area contributed by atoms with Crippen LogP contribution in [0.1, 0.15) is 10.4 Å². The van der Waals surface area contributed by atoms with Crippen molar-refractivity contribution in [3.8, 4) is 0 Å². The van der Waals surface area contributed by atoms with E-state index in [1.54, 1.807) is 12.1 Å². The van der Waals surface area contributed by atoms with Gasteiger partial charge in [-0.3, -0.25) is 4.79 Å². The second kappa shape index (κ2) is 6.24. The van der Waals surface area contributed by atoms with Gasteiger partial charge in [-0.05, 0) is 62.2 Å². The Morgan fingerprint density at radius 2 is 1.70 bits per heavy atom. The molecule has 3 nitrogen and oxygen atoms in total. The molecule has 0 aliphatic heterocycles. The largest absolute Gasteiger partial charge is 0.396 e. The molecule has 2 aromatic carbocycles. The van der Waals surface area contributed by atoms with E-state index in [1.807, 2.05) is 0 Å². The van der Waals surface area contributed by atoms with E-state index in [1.165, 1.54) is 12.1 Å². The monoisotopic (exact) mass is 464 g/mol. The van der Waals surface area contributed by atoms with Crippen molar-refractivity contribution in [2.45, 2.75) is 0 Å². The molecule has 0 saturated heterocycles. The highest BCUT2D eigenvalue weighted by atomic mass is 79.9. The van der Waals surface area contributed by atoms with Crippen LogP contribution in [0.15, 0.2) is 43.7 Å². The van der Waals surface area contributed by atoms with E-state index in [0.29, 0.717) is 14.6 Å². The molecule has 104 valence electrons. The Bertz CT molecular complexity index is 668. The average Bonchev–Trinajstić information content (AvgIpc) is 2.36. The van der Waals surface area contributed by atoms with E-state index in [9.17, 15) is 9.18 Å². The number of nitrogen functional groups attached to an aromatic ring is 1. The molecule has 0 fully saturated rings. The molecule has 0 atom stereocenters. The SMILES string of the molecule is Nc1ccc(C(=O)Nc2c(Br)cc(Br)cc2Br)cc1F. The summed E-state index contributed by atoms with van der Waals surface area (Å²) in [5, 5.41) is 2.71. The lowest BCUT2D eigenvalue weighted by Gasteiger charge is -2.10. The quantitative estimate of drug-likeness (QED) is 0.615. The van der Waals surface area contributed by atoms with E-state index in [4.69, 9.17) is 5.73 Å². The molecule has 0 unspecified atom stereocenters. The molecule has 0 spiro atoms. The van der Waals surface area contributed by atoms with Gasteiger partial charge in [0, 0.05) is 19.0 Å². The Morgan fingerprint density at radius 3 is 2.25 bits per heavy atom. The summed E-state index contributed by atoms with van der Waals surface area (Å²) in [6.45, 7) is 0. The van der Waals surface area contributed by atoms with Gasteiger partial charge in [-0.25, -0.2) is 4.39 Å². The fourth-order valence-corrected chi connectivity index (χ4v) is 3.97. The third-order valence-electron chi connectivity index (χ3n) is 2.51. The number of amides is 1. The molecule has 0 aromatic heterocycles. The second-order valence-electron chi connectivity index (χ2n) is 3.93. The summed E-state index contributed by atoms with van der Waals surface area (Å²) in [6.07, 6.45) is 0. The van der Waals surface area contributed by atoms with Crippen LogP contribution in [0, 0.1) is 5.82 Å². The summed E-state index contributed by atoms with van der Waals surface area (Å²) in [6, 6.07) is 7.52. The van der Waals surface area contributed by atoms with Crippen LogP contribution in [0.2, 0.25) is 0 Å². The highest BCUT2D eigenvalue weighted by molar-refractivity contribution is 9.11. The predicted molar refractivity (Wildman–Crippen MR) is 88.3 cm³/mol. The van der Waals surface area contributed by atoms with Crippen molar-refractivity contribution >= 4 is 65.1 Å². The van der Waals surface area contributed by atoms with Gasteiger partial charge in [0.15, 0.2) is 0 Å². The molecule has 0 aliphatic rings. The van der Waals surface area contributed by atoms with Crippen molar-refractivity contribution < 1.29 is 9.18 Å². The third kappa shape index (κ3) is 3.39. The molecular weight excluding hydrogens is 459 g/mol. The van der Waals surface area contributed by atoms with Crippen LogP contribution in [0.3, 0.4) is 0 Å². The lowest BCUT2D eigenvalue weighted by molar-refractivity contribution is 0.102. The van der Waals surface area contributed by atoms with Crippen LogP contribution in [0.5, 0.6) is 0 Å². The Morgan fingerprint density at radius 1 is 1.10 bits per heavy atom. The fourth-order valence-electron chi connectivity index (χ4n) is 1.52. The maximum Gasteiger partial charge on any atom is 0.255 e. The van der Waals surface area contributed by atoms with E-state index in [0.717, 1.165) is 10.5 Å². The van der Waals surface area contributed by atoms with E-state index >= 15 is 0 Å². The van der Waals surface area contributed by atoms with Gasteiger partial charge in [0.1, 0.15) is 5.82 Å². The first-order valence-electron chi connectivity index (χ1n) is 5.39. The molecule has 0 bridgehead atoms. The zero-order valence-electron chi connectivity index (χ0n) is 9.88. The standard InChI is InChI=1S/C13H8Br3FN2O/c14-7-4-8(15)12(9(16)5-7)19-13(20)6-1-2-11(18)10(17)3-6/h1-5H,18H2,(H,19,20). The van der Waals surface area contributed by atoms with Crippen molar-refractivity contribution in [1.82, 2.24) is 0 Å². The number of carbonyl (C=O) groups is 1. The van der Waals surface area contributed by atoms with Gasteiger partial charge < -0.3 is 11.1 Å². The van der Waals surface area contributed by atoms with Gasteiger partial charge in [-0.2, -0.15) is 0 Å². The minimum Gasteiger partial charge on any atom is -0.396 e. The lowest BCUT2D eigenvalue weighted by Crippen LogP contribution is -2.13. The second-order valence-corrected chi connectivity index (χ2v) is 6.56. The highest BCUT2D eigenvalue weighted by Crippen LogP contribution is 2.34. The maximum absolute atomic E-state index is 13.4. The number of nitrogens with one attached hydrogen (secondary N) is 1. The van der Waals surface area contributed by atoms with Gasteiger partial charge in [0.05, 0.1) is 11.4 Å². The number of hydrogen-bond acceptors (Lipinski definition) is 2. The Hall–Kier alpha value is -0.920. The summed E-state index contributed by atoms with van der Waals surface area (Å²) < 4.78 is 15.6. The minimum absolute atomic E-state index is 0.00699. The molecule has 0 aliphatic carbocycles. The summed E-state index contributed by atoms with van der Waals surface area (Å²) in [5.74, 6) is -1.04. The minimum atomic E-state index is -0.619. The maximum atomic E-state index is 13.4. The topological polar surface area (TPSA) is 55.1 Å². The number of benzene rings is 2. The Balaban J connectivity index is 2.30. The van der Waals surface area contributed by atoms with Crippen LogP contribution >= 0.6 is 47.8 Å². The van der Waals surface area contributed by atoms with Gasteiger partial charge in [-0.1, -0.05) is 15.9 Å². The number of rotatable bonds is 2. The average molecular weight is 467 g/mol. The Labute approximate surface area is 140 Å². The third-order valence-corrected chi connectivity index (χ3v) is 4.22. The molecule has 2 aromatic rings. The zero-order chi connectivity index (χ0) is 14.9. The first kappa shape index (κ1) is 15.5. The molecule has 0 radical (unpaired) electrons. The molecule has 7 heteroatoms. The summed E-state index contributed by atoms with van der Waals surface area (Å²) in [5.41, 5.74) is 6.14. The van der Waals surface area contributed by atoms with Crippen molar-refractivity contribution in [1.29, 1.82) is 0 Å². The fraction of sp³-hybridized carbons (Fsp3) is 0. The smallest absolute Gasteiger partial charge is 0.255 e. The van der Waals surface area contributed by atoms with Crippen molar-refractivity contribution in [3.05, 3.63) is 55.1 Å². The normalized spacial score (nSPS) is 10.4. The molecular formula is C13H8Br3FN2O. The number of anilines is 2. The van der Waals surface area contributed by atoms with Crippen LogP contribution in [-0.4, -0.2) is 5.91 Å².